The van der Waals surface area contributed by atoms with E-state index >= 15 is 0 Å². The monoisotopic (exact) mass is 763 g/mol. The second kappa shape index (κ2) is 20.5. The van der Waals surface area contributed by atoms with Crippen LogP contribution in [0.2, 0.25) is 0 Å². The zero-order valence-corrected chi connectivity index (χ0v) is 34.6. The first kappa shape index (κ1) is 46.7. The molecular formula is C40H66FN5O8. The van der Waals surface area contributed by atoms with E-state index in [9.17, 15) is 33.5 Å². The number of amides is 4. The van der Waals surface area contributed by atoms with Crippen LogP contribution in [0.25, 0.3) is 0 Å². The summed E-state index contributed by atoms with van der Waals surface area (Å²) < 4.78 is 25.3. The molecular weight excluding hydrogens is 697 g/mol. The minimum absolute atomic E-state index is 0.00200. The van der Waals surface area contributed by atoms with Gasteiger partial charge in [0.2, 0.25) is 23.6 Å². The quantitative estimate of drug-likeness (QED) is 0.146. The second-order valence-corrected chi connectivity index (χ2v) is 15.8. The van der Waals surface area contributed by atoms with Gasteiger partial charge in [0.15, 0.2) is 5.78 Å². The van der Waals surface area contributed by atoms with E-state index in [0.29, 0.717) is 6.42 Å². The number of carbonyl (C=O) groups is 5. The highest BCUT2D eigenvalue weighted by atomic mass is 19.1. The number of benzene rings is 1. The summed E-state index contributed by atoms with van der Waals surface area (Å²) in [6, 6.07) is 2.27. The number of aliphatic hydroxyl groups excluding tert-OH is 1. The minimum Gasteiger partial charge on any atom is -0.391 e. The summed E-state index contributed by atoms with van der Waals surface area (Å²) in [7, 11) is 6.30. The third-order valence-electron chi connectivity index (χ3n) is 11.1. The second-order valence-electron chi connectivity index (χ2n) is 15.8. The standard InChI is InChI=1S/C40H66FN5O8/c1-14-24(6)34(45(11)39(52)33(23(4)5)44-38(51)32(42-10)22(2)3)30(53-12)19-31(48)46-21-29(47)20-40(46,9)36(54-13)25(7)37(50)43-26(8)35(49)27-15-17-28(41)18-16-27/h15-18,22-26,29-30,32-34,36,42,47H,14,19-21H2,1-13H3,(H,43,50)(H,44,51)/t24?,25-,26+,29+,30-,32+,33+,34+,36-,40+/m1/s1. The number of nitrogens with one attached hydrogen (secondary N) is 3. The first-order chi connectivity index (χ1) is 25.2. The molecule has 0 spiro atoms. The van der Waals surface area contributed by atoms with Crippen LogP contribution in [0.5, 0.6) is 0 Å². The van der Waals surface area contributed by atoms with Crippen LogP contribution in [0.3, 0.4) is 0 Å². The topological polar surface area (TPSA) is 167 Å². The number of β-amino-alcohol motifs (C(OH)–C–C–N with tert-alkyl or cyclic N) is 1. The number of nitrogens with zero attached hydrogens (tertiary/aromatic N) is 2. The maximum Gasteiger partial charge on any atom is 0.245 e. The van der Waals surface area contributed by atoms with E-state index in [4.69, 9.17) is 9.47 Å². The number of ketones is 1. The Morgan fingerprint density at radius 2 is 1.52 bits per heavy atom. The van der Waals surface area contributed by atoms with E-state index < -0.39 is 71.4 Å². The predicted molar refractivity (Wildman–Crippen MR) is 205 cm³/mol. The molecule has 1 unspecified atom stereocenters. The summed E-state index contributed by atoms with van der Waals surface area (Å²) in [5, 5.41) is 19.6. The maximum absolute atomic E-state index is 14.3. The Bertz CT molecular complexity index is 1430. The maximum atomic E-state index is 14.3. The number of likely N-dealkylation sites (tertiary alicyclic amines) is 1. The lowest BCUT2D eigenvalue weighted by atomic mass is 9.82. The average Bonchev–Trinajstić information content (AvgIpc) is 3.43. The zero-order valence-electron chi connectivity index (χ0n) is 34.6. The van der Waals surface area contributed by atoms with Crippen molar-refractivity contribution < 1.29 is 42.9 Å². The molecule has 0 aliphatic carbocycles. The Morgan fingerprint density at radius 3 is 2.00 bits per heavy atom. The number of hydrogen-bond acceptors (Lipinski definition) is 9. The van der Waals surface area contributed by atoms with Gasteiger partial charge in [0.1, 0.15) is 11.9 Å². The minimum atomic E-state index is -1.13. The van der Waals surface area contributed by atoms with Crippen molar-refractivity contribution in [2.24, 2.45) is 23.7 Å². The molecule has 306 valence electrons. The smallest absolute Gasteiger partial charge is 0.245 e. The van der Waals surface area contributed by atoms with Crippen LogP contribution in [0, 0.1) is 29.5 Å². The van der Waals surface area contributed by atoms with Crippen molar-refractivity contribution in [3.63, 3.8) is 0 Å². The number of hydrogen-bond donors (Lipinski definition) is 4. The summed E-state index contributed by atoms with van der Waals surface area (Å²) in [6.07, 6.45) is -1.88. The fourth-order valence-corrected chi connectivity index (χ4v) is 7.89. The highest BCUT2D eigenvalue weighted by Crippen LogP contribution is 2.38. The Balaban J connectivity index is 2.35. The fourth-order valence-electron chi connectivity index (χ4n) is 7.89. The molecule has 4 amide bonds. The van der Waals surface area contributed by atoms with Crippen molar-refractivity contribution in [3.8, 4) is 0 Å². The van der Waals surface area contributed by atoms with Crippen molar-refractivity contribution >= 4 is 29.4 Å². The Hall–Kier alpha value is -3.46. The van der Waals surface area contributed by atoms with Gasteiger partial charge in [-0.2, -0.15) is 0 Å². The fraction of sp³-hybridized carbons (Fsp3) is 0.725. The molecule has 0 bridgehead atoms. The molecule has 1 aliphatic rings. The van der Waals surface area contributed by atoms with Gasteiger partial charge in [-0.05, 0) is 62.9 Å². The van der Waals surface area contributed by atoms with Crippen molar-refractivity contribution in [3.05, 3.63) is 35.6 Å². The molecule has 1 aliphatic heterocycles. The van der Waals surface area contributed by atoms with Crippen molar-refractivity contribution in [2.45, 2.75) is 130 Å². The van der Waals surface area contributed by atoms with Gasteiger partial charge < -0.3 is 40.3 Å². The first-order valence-electron chi connectivity index (χ1n) is 19.1. The molecule has 0 aromatic heterocycles. The van der Waals surface area contributed by atoms with Gasteiger partial charge in [-0.25, -0.2) is 4.39 Å². The molecule has 1 fully saturated rings. The highest BCUT2D eigenvalue weighted by molar-refractivity contribution is 6.01. The molecule has 10 atom stereocenters. The Labute approximate surface area is 321 Å². The van der Waals surface area contributed by atoms with Crippen LogP contribution in [0.15, 0.2) is 24.3 Å². The number of ether oxygens (including phenoxy) is 2. The normalized spacial score (nSPS) is 21.8. The lowest BCUT2D eigenvalue weighted by Crippen LogP contribution is -2.61. The van der Waals surface area contributed by atoms with Gasteiger partial charge in [-0.1, -0.05) is 54.9 Å². The largest absolute Gasteiger partial charge is 0.391 e. The number of carbonyl (C=O) groups excluding carboxylic acids is 5. The van der Waals surface area contributed by atoms with Gasteiger partial charge in [-0.3, -0.25) is 24.0 Å². The Morgan fingerprint density at radius 1 is 0.944 bits per heavy atom. The number of methoxy groups -OCH3 is 2. The summed E-state index contributed by atoms with van der Waals surface area (Å²) in [5.74, 6) is -3.50. The molecule has 13 nitrogen and oxygen atoms in total. The summed E-state index contributed by atoms with van der Waals surface area (Å²) in [4.78, 5) is 71.4. The molecule has 1 saturated heterocycles. The van der Waals surface area contributed by atoms with Crippen LogP contribution in [-0.2, 0) is 28.7 Å². The molecule has 14 heteroatoms. The van der Waals surface area contributed by atoms with Crippen molar-refractivity contribution in [1.29, 1.82) is 0 Å². The van der Waals surface area contributed by atoms with Crippen LogP contribution >= 0.6 is 0 Å². The molecule has 54 heavy (non-hydrogen) atoms. The number of Topliss-reactive ketones (excluding diaryl/α,β-unsaturated/α-hetero) is 1. The summed E-state index contributed by atoms with van der Waals surface area (Å²) in [5.41, 5.74) is -0.887. The molecule has 0 radical (unpaired) electrons. The number of aliphatic hydroxyl groups is 1. The molecule has 2 rings (SSSR count). The van der Waals surface area contributed by atoms with Gasteiger partial charge in [-0.15, -0.1) is 0 Å². The average molecular weight is 764 g/mol. The summed E-state index contributed by atoms with van der Waals surface area (Å²) in [6.45, 7) is 16.5. The van der Waals surface area contributed by atoms with Crippen LogP contribution < -0.4 is 16.0 Å². The lowest BCUT2D eigenvalue weighted by Gasteiger charge is -2.44. The van der Waals surface area contributed by atoms with Gasteiger partial charge in [0, 0.05) is 39.8 Å². The molecule has 1 aromatic carbocycles. The van der Waals surface area contributed by atoms with Crippen LogP contribution in [0.4, 0.5) is 4.39 Å². The SMILES string of the molecule is CCC(C)[C@@H]([C@@H](CC(=O)N1C[C@@H](O)C[C@@]1(C)[C@H](OC)[C@@H](C)C(=O)N[C@@H](C)C(=O)c1ccc(F)cc1)OC)N(C)C(=O)[C@@H](NC(=O)[C@@H](NC)C(C)C)C(C)C. The van der Waals surface area contributed by atoms with Crippen LogP contribution in [0.1, 0.15) is 91.9 Å². The van der Waals surface area contributed by atoms with E-state index in [-0.39, 0.29) is 60.4 Å². The van der Waals surface area contributed by atoms with Crippen molar-refractivity contribution in [2.75, 3.05) is 34.9 Å². The Kier molecular flexibility index (Phi) is 17.7. The molecule has 1 heterocycles. The van der Waals surface area contributed by atoms with Gasteiger partial charge >= 0.3 is 0 Å². The third-order valence-corrected chi connectivity index (χ3v) is 11.1. The zero-order chi connectivity index (χ0) is 41.2. The van der Waals surface area contributed by atoms with Gasteiger partial charge in [0.05, 0.1) is 54.3 Å². The third kappa shape index (κ3) is 11.1. The van der Waals surface area contributed by atoms with Crippen molar-refractivity contribution in [1.82, 2.24) is 25.8 Å². The number of likely N-dealkylation sites (N-methyl/N-ethyl adjacent to an activating group) is 2. The first-order valence-corrected chi connectivity index (χ1v) is 19.1. The highest BCUT2D eigenvalue weighted by Gasteiger charge is 2.53. The van der Waals surface area contributed by atoms with Gasteiger partial charge in [0.25, 0.3) is 0 Å². The number of rotatable bonds is 20. The molecule has 4 N–H and O–H groups in total. The van der Waals surface area contributed by atoms with Crippen LogP contribution in [-0.4, -0.2) is 127 Å². The predicted octanol–water partition coefficient (Wildman–Crippen LogP) is 3.18. The van der Waals surface area contributed by atoms with E-state index in [1.54, 1.807) is 32.8 Å². The van der Waals surface area contributed by atoms with E-state index in [1.165, 1.54) is 50.3 Å². The van der Waals surface area contributed by atoms with E-state index in [2.05, 4.69) is 16.0 Å². The molecule has 0 saturated carbocycles. The van der Waals surface area contributed by atoms with E-state index in [1.807, 2.05) is 41.5 Å². The summed E-state index contributed by atoms with van der Waals surface area (Å²) >= 11 is 0. The van der Waals surface area contributed by atoms with E-state index in [0.717, 1.165) is 0 Å². The lowest BCUT2D eigenvalue weighted by molar-refractivity contribution is -0.152. The number of halogens is 1. The molecule has 1 aromatic rings.